The van der Waals surface area contributed by atoms with Crippen molar-refractivity contribution >= 4 is 5.82 Å². The predicted molar refractivity (Wildman–Crippen MR) is 74.8 cm³/mol. The molecular weight excluding hydrogens is 228 g/mol. The standard InChI is InChI=1S/C13H24N4O/c1-5-10-16-11(6-12(18)17-10)15-8-9(14)7-13(2,3)4/h6,9H,5,7-8,14H2,1-4H3,(H2,15,16,17,18). The molecule has 1 aromatic heterocycles. The monoisotopic (exact) mass is 252 g/mol. The van der Waals surface area contributed by atoms with Gasteiger partial charge in [0.1, 0.15) is 11.6 Å². The molecule has 1 atom stereocenters. The van der Waals surface area contributed by atoms with Crippen molar-refractivity contribution in [3.8, 4) is 0 Å². The zero-order valence-electron chi connectivity index (χ0n) is 11.7. The van der Waals surface area contributed by atoms with Crippen molar-refractivity contribution in [3.63, 3.8) is 0 Å². The average Bonchev–Trinajstić information content (AvgIpc) is 2.23. The fourth-order valence-electron chi connectivity index (χ4n) is 1.86. The lowest BCUT2D eigenvalue weighted by atomic mass is 9.88. The predicted octanol–water partition coefficient (Wildman–Crippen LogP) is 1.51. The van der Waals surface area contributed by atoms with Crippen LogP contribution in [-0.4, -0.2) is 22.6 Å². The van der Waals surface area contributed by atoms with Gasteiger partial charge in [0, 0.05) is 25.1 Å². The highest BCUT2D eigenvalue weighted by Gasteiger charge is 2.15. The van der Waals surface area contributed by atoms with Gasteiger partial charge in [-0.25, -0.2) is 4.98 Å². The summed E-state index contributed by atoms with van der Waals surface area (Å²) in [4.78, 5) is 18.4. The van der Waals surface area contributed by atoms with Crippen molar-refractivity contribution in [2.45, 2.75) is 46.6 Å². The minimum absolute atomic E-state index is 0.0520. The molecule has 0 saturated heterocycles. The first-order valence-electron chi connectivity index (χ1n) is 6.40. The maximum atomic E-state index is 11.4. The first-order valence-corrected chi connectivity index (χ1v) is 6.40. The number of hydrogen-bond acceptors (Lipinski definition) is 4. The van der Waals surface area contributed by atoms with Crippen molar-refractivity contribution < 1.29 is 0 Å². The molecule has 1 aromatic rings. The highest BCUT2D eigenvalue weighted by molar-refractivity contribution is 5.33. The van der Waals surface area contributed by atoms with Crippen LogP contribution in [0.15, 0.2) is 10.9 Å². The van der Waals surface area contributed by atoms with Gasteiger partial charge in [-0.1, -0.05) is 27.7 Å². The molecule has 0 radical (unpaired) electrons. The maximum absolute atomic E-state index is 11.4. The third-order valence-electron chi connectivity index (χ3n) is 2.55. The molecule has 5 nitrogen and oxygen atoms in total. The van der Waals surface area contributed by atoms with Gasteiger partial charge in [0.2, 0.25) is 0 Å². The Kier molecular flexibility index (Phi) is 4.90. The van der Waals surface area contributed by atoms with Gasteiger partial charge in [-0.2, -0.15) is 0 Å². The van der Waals surface area contributed by atoms with Crippen LogP contribution in [0.4, 0.5) is 5.82 Å². The van der Waals surface area contributed by atoms with E-state index in [1.54, 1.807) is 0 Å². The number of aryl methyl sites for hydroxylation is 1. The smallest absolute Gasteiger partial charge is 0.252 e. The SMILES string of the molecule is CCc1nc(NCC(N)CC(C)(C)C)cc(=O)[nH]1. The van der Waals surface area contributed by atoms with Gasteiger partial charge in [-0.05, 0) is 11.8 Å². The molecule has 1 rings (SSSR count). The van der Waals surface area contributed by atoms with Crippen LogP contribution in [0.2, 0.25) is 0 Å². The number of aromatic amines is 1. The van der Waals surface area contributed by atoms with Crippen LogP contribution < -0.4 is 16.6 Å². The molecule has 0 spiro atoms. The van der Waals surface area contributed by atoms with Crippen LogP contribution in [-0.2, 0) is 6.42 Å². The minimum Gasteiger partial charge on any atom is -0.368 e. The molecule has 0 fully saturated rings. The molecule has 0 aliphatic heterocycles. The minimum atomic E-state index is -0.131. The Bertz CT molecular complexity index is 433. The Hall–Kier alpha value is -1.36. The van der Waals surface area contributed by atoms with Gasteiger partial charge < -0.3 is 16.0 Å². The van der Waals surface area contributed by atoms with Crippen molar-refractivity contribution in [1.82, 2.24) is 9.97 Å². The highest BCUT2D eigenvalue weighted by Crippen LogP contribution is 2.19. The molecule has 0 aliphatic rings. The van der Waals surface area contributed by atoms with Crippen LogP contribution >= 0.6 is 0 Å². The Balaban J connectivity index is 2.58. The Labute approximate surface area is 108 Å². The molecule has 5 heteroatoms. The third kappa shape index (κ3) is 5.31. The van der Waals surface area contributed by atoms with E-state index in [-0.39, 0.29) is 17.0 Å². The number of aromatic nitrogens is 2. The van der Waals surface area contributed by atoms with Crippen LogP contribution in [0.25, 0.3) is 0 Å². The van der Waals surface area contributed by atoms with Gasteiger partial charge in [0.05, 0.1) is 0 Å². The average molecular weight is 252 g/mol. The van der Waals surface area contributed by atoms with Gasteiger partial charge in [0.15, 0.2) is 0 Å². The summed E-state index contributed by atoms with van der Waals surface area (Å²) in [5, 5.41) is 3.13. The van der Waals surface area contributed by atoms with Crippen LogP contribution in [0.1, 0.15) is 39.9 Å². The van der Waals surface area contributed by atoms with E-state index in [4.69, 9.17) is 5.73 Å². The number of nitrogens with two attached hydrogens (primary N) is 1. The molecule has 0 bridgehead atoms. The molecule has 0 amide bonds. The summed E-state index contributed by atoms with van der Waals surface area (Å²) in [5.74, 6) is 1.29. The quantitative estimate of drug-likeness (QED) is 0.741. The van der Waals surface area contributed by atoms with Gasteiger partial charge in [-0.15, -0.1) is 0 Å². The van der Waals surface area contributed by atoms with Gasteiger partial charge >= 0.3 is 0 Å². The van der Waals surface area contributed by atoms with E-state index in [9.17, 15) is 4.79 Å². The first kappa shape index (κ1) is 14.7. The largest absolute Gasteiger partial charge is 0.368 e. The molecule has 1 heterocycles. The summed E-state index contributed by atoms with van der Waals surface area (Å²) < 4.78 is 0. The molecule has 102 valence electrons. The lowest BCUT2D eigenvalue weighted by Crippen LogP contribution is -2.33. The highest BCUT2D eigenvalue weighted by atomic mass is 16.1. The summed E-state index contributed by atoms with van der Waals surface area (Å²) in [5.41, 5.74) is 6.11. The molecule has 4 N–H and O–H groups in total. The number of rotatable bonds is 5. The third-order valence-corrected chi connectivity index (χ3v) is 2.55. The molecular formula is C13H24N4O. The van der Waals surface area contributed by atoms with E-state index in [1.807, 2.05) is 6.92 Å². The maximum Gasteiger partial charge on any atom is 0.252 e. The van der Waals surface area contributed by atoms with E-state index in [2.05, 4.69) is 36.1 Å². The lowest BCUT2D eigenvalue weighted by Gasteiger charge is -2.23. The van der Waals surface area contributed by atoms with Crippen molar-refractivity contribution in [3.05, 3.63) is 22.2 Å². The summed E-state index contributed by atoms with van der Waals surface area (Å²) in [6.45, 7) is 9.05. The van der Waals surface area contributed by atoms with Gasteiger partial charge in [0.25, 0.3) is 5.56 Å². The fraction of sp³-hybridized carbons (Fsp3) is 0.692. The number of anilines is 1. The van der Waals surface area contributed by atoms with E-state index in [0.717, 1.165) is 6.42 Å². The van der Waals surface area contributed by atoms with Crippen LogP contribution in [0, 0.1) is 5.41 Å². The van der Waals surface area contributed by atoms with Gasteiger partial charge in [-0.3, -0.25) is 4.79 Å². The van der Waals surface area contributed by atoms with E-state index < -0.39 is 0 Å². The Morgan fingerprint density at radius 2 is 2.17 bits per heavy atom. The Morgan fingerprint density at radius 1 is 1.50 bits per heavy atom. The Morgan fingerprint density at radius 3 is 2.72 bits per heavy atom. The van der Waals surface area contributed by atoms with E-state index >= 15 is 0 Å². The normalized spacial score (nSPS) is 13.4. The summed E-state index contributed by atoms with van der Waals surface area (Å²) in [7, 11) is 0. The second-order valence-electron chi connectivity index (χ2n) is 5.84. The topological polar surface area (TPSA) is 83.8 Å². The molecule has 0 saturated carbocycles. The number of nitrogens with one attached hydrogen (secondary N) is 2. The summed E-state index contributed by atoms with van der Waals surface area (Å²) in [6.07, 6.45) is 1.63. The summed E-state index contributed by atoms with van der Waals surface area (Å²) >= 11 is 0. The fourth-order valence-corrected chi connectivity index (χ4v) is 1.86. The summed E-state index contributed by atoms with van der Waals surface area (Å²) in [6, 6.07) is 1.51. The van der Waals surface area contributed by atoms with E-state index in [1.165, 1.54) is 6.07 Å². The number of hydrogen-bond donors (Lipinski definition) is 3. The number of H-pyrrole nitrogens is 1. The van der Waals surface area contributed by atoms with Crippen LogP contribution in [0.3, 0.4) is 0 Å². The van der Waals surface area contributed by atoms with Crippen molar-refractivity contribution in [2.75, 3.05) is 11.9 Å². The molecule has 0 aliphatic carbocycles. The van der Waals surface area contributed by atoms with E-state index in [0.29, 0.717) is 24.6 Å². The molecule has 0 aromatic carbocycles. The second kappa shape index (κ2) is 6.00. The zero-order chi connectivity index (χ0) is 13.8. The first-order chi connectivity index (χ1) is 8.30. The lowest BCUT2D eigenvalue weighted by molar-refractivity contribution is 0.344. The van der Waals surface area contributed by atoms with Crippen molar-refractivity contribution in [2.24, 2.45) is 11.1 Å². The zero-order valence-corrected chi connectivity index (χ0v) is 11.7. The van der Waals surface area contributed by atoms with Crippen LogP contribution in [0.5, 0.6) is 0 Å². The molecule has 1 unspecified atom stereocenters. The number of nitrogens with zero attached hydrogens (tertiary/aromatic N) is 1. The second-order valence-corrected chi connectivity index (χ2v) is 5.84. The van der Waals surface area contributed by atoms with Crippen molar-refractivity contribution in [1.29, 1.82) is 0 Å². The molecule has 18 heavy (non-hydrogen) atoms.